The third-order valence-corrected chi connectivity index (χ3v) is 10.6. The highest BCUT2D eigenvalue weighted by Gasteiger charge is 2.40. The summed E-state index contributed by atoms with van der Waals surface area (Å²) in [5.74, 6) is -8.59. The third-order valence-electron chi connectivity index (χ3n) is 10.2. The number of amides is 8. The number of aliphatic hydroxyl groups is 3. The van der Waals surface area contributed by atoms with Crippen molar-refractivity contribution in [2.24, 2.45) is 23.1 Å². The highest BCUT2D eigenvalue weighted by molar-refractivity contribution is 7.80. The Morgan fingerprint density at radius 3 is 1.59 bits per heavy atom. The molecule has 0 aromatic rings. The molecule has 366 valence electrons. The van der Waals surface area contributed by atoms with Crippen LogP contribution in [0.2, 0.25) is 0 Å². The molecular formula is C39H71N11O13S. The number of carboxylic acids is 1. The molecule has 25 heteroatoms. The topological polar surface area (TPSA) is 400 Å². The number of unbranched alkanes of at least 4 members (excludes halogenated alkanes) is 2. The molecule has 24 nitrogen and oxygen atoms in total. The summed E-state index contributed by atoms with van der Waals surface area (Å²) in [6, 6.07) is -12.1. The van der Waals surface area contributed by atoms with E-state index in [1.165, 1.54) is 18.7 Å². The number of nitrogens with two attached hydrogens (primary N) is 3. The smallest absolute Gasteiger partial charge is 0.327 e. The van der Waals surface area contributed by atoms with Crippen LogP contribution in [0, 0.1) is 5.92 Å². The molecule has 0 radical (unpaired) electrons. The Bertz CT molecular complexity index is 1570. The minimum absolute atomic E-state index is 0.0330. The van der Waals surface area contributed by atoms with Gasteiger partial charge in [-0.25, -0.2) is 4.79 Å². The van der Waals surface area contributed by atoms with Gasteiger partial charge in [0.15, 0.2) is 0 Å². The molecule has 1 aliphatic heterocycles. The van der Waals surface area contributed by atoms with Crippen LogP contribution in [-0.4, -0.2) is 178 Å². The van der Waals surface area contributed by atoms with Gasteiger partial charge in [0, 0.05) is 12.3 Å². The summed E-state index contributed by atoms with van der Waals surface area (Å²) in [7, 11) is 0. The first kappa shape index (κ1) is 57.4. The van der Waals surface area contributed by atoms with Gasteiger partial charge in [-0.1, -0.05) is 13.8 Å². The molecule has 0 spiro atoms. The van der Waals surface area contributed by atoms with Crippen molar-refractivity contribution in [3.63, 3.8) is 0 Å². The van der Waals surface area contributed by atoms with Gasteiger partial charge in [0.25, 0.3) is 0 Å². The van der Waals surface area contributed by atoms with E-state index in [4.69, 9.17) is 17.2 Å². The molecule has 0 aromatic carbocycles. The molecule has 0 saturated carbocycles. The average Bonchev–Trinajstić information content (AvgIpc) is 3.74. The van der Waals surface area contributed by atoms with Crippen molar-refractivity contribution in [3.8, 4) is 0 Å². The van der Waals surface area contributed by atoms with Crippen LogP contribution < -0.4 is 54.4 Å². The number of carboxylic acid groups (broad SMARTS) is 1. The first-order chi connectivity index (χ1) is 30.2. The molecule has 0 bridgehead atoms. The molecule has 0 aromatic heterocycles. The van der Waals surface area contributed by atoms with Gasteiger partial charge < -0.3 is 79.7 Å². The molecule has 1 saturated heterocycles. The number of nitrogens with one attached hydrogen (secondary N) is 7. The fourth-order valence-electron chi connectivity index (χ4n) is 6.60. The minimum Gasteiger partial charge on any atom is -0.480 e. The monoisotopic (exact) mass is 933 g/mol. The predicted octanol–water partition coefficient (Wildman–Crippen LogP) is -5.60. The largest absolute Gasteiger partial charge is 0.480 e. The Labute approximate surface area is 378 Å². The maximum Gasteiger partial charge on any atom is 0.327 e. The lowest BCUT2D eigenvalue weighted by molar-refractivity contribution is -0.143. The van der Waals surface area contributed by atoms with Gasteiger partial charge in [0.1, 0.15) is 48.3 Å². The second-order valence-electron chi connectivity index (χ2n) is 16.2. The van der Waals surface area contributed by atoms with Crippen LogP contribution in [0.1, 0.15) is 85.5 Å². The van der Waals surface area contributed by atoms with Crippen LogP contribution in [-0.2, 0) is 43.2 Å². The predicted molar refractivity (Wildman–Crippen MR) is 235 cm³/mol. The standard InChI is InChI=1S/C39H71N11O13S/c1-20(2)16-25(33(56)43-23(10-5-7-13-40)32(55)48-28(19-64)39(62)63)45-35(58)26(17-51)46-36(59)29-12-9-15-50(29)38(61)24(11-6-8-14-41)44-34(57)27(18-52)47-37(60)30(22(4)53)49-31(54)21(3)42/h20-30,51-53,64H,5-19,40-42H2,1-4H3,(H,43,56)(H,44,57)(H,45,58)(H,46,59)(H,47,60)(H,48,55)(H,49,54)(H,62,63)/t21-,22+,23-,24-,25-,26-,27-,28-,29-,30-/m0/s1. The number of aliphatic carboxylic acids is 1. The van der Waals surface area contributed by atoms with Gasteiger partial charge >= 0.3 is 5.97 Å². The zero-order valence-corrected chi connectivity index (χ0v) is 37.9. The van der Waals surface area contributed by atoms with E-state index in [2.05, 4.69) is 49.8 Å². The molecular weight excluding hydrogens is 863 g/mol. The molecule has 1 aliphatic rings. The number of aliphatic hydroxyl groups excluding tert-OH is 3. The normalized spacial score (nSPS) is 17.9. The number of thiol groups is 1. The van der Waals surface area contributed by atoms with Crippen LogP contribution in [0.3, 0.4) is 0 Å². The molecule has 1 heterocycles. The number of hydrogen-bond acceptors (Lipinski definition) is 16. The van der Waals surface area contributed by atoms with Gasteiger partial charge in [-0.05, 0) is 90.6 Å². The Balaban J connectivity index is 3.23. The third kappa shape index (κ3) is 19.2. The molecule has 0 aliphatic carbocycles. The first-order valence-electron chi connectivity index (χ1n) is 21.5. The number of carbonyl (C=O) groups excluding carboxylic acids is 8. The van der Waals surface area contributed by atoms with E-state index in [1.54, 1.807) is 13.8 Å². The number of nitrogens with zero attached hydrogens (tertiary/aromatic N) is 1. The average molecular weight is 934 g/mol. The molecule has 10 atom stereocenters. The Morgan fingerprint density at radius 1 is 0.641 bits per heavy atom. The summed E-state index contributed by atoms with van der Waals surface area (Å²) < 4.78 is 0. The lowest BCUT2D eigenvalue weighted by Gasteiger charge is -2.31. The molecule has 8 amide bonds. The Hall–Kier alpha value is -4.66. The number of rotatable bonds is 30. The van der Waals surface area contributed by atoms with Crippen molar-refractivity contribution in [2.75, 3.05) is 38.6 Å². The van der Waals surface area contributed by atoms with Crippen molar-refractivity contribution >= 4 is 65.9 Å². The molecule has 1 rings (SSSR count). The maximum atomic E-state index is 14.1. The SMILES string of the molecule is CC(C)C[C@H](NC(=O)[C@H](CO)NC(=O)[C@@H]1CCCN1C(=O)[C@H](CCCCN)NC(=O)[C@H](CO)NC(=O)[C@@H](NC(=O)[C@H](C)N)[C@@H](C)O)C(=O)N[C@@H](CCCCN)C(=O)N[C@@H](CS)C(=O)O. The summed E-state index contributed by atoms with van der Waals surface area (Å²) >= 11 is 3.96. The fourth-order valence-corrected chi connectivity index (χ4v) is 6.85. The second-order valence-corrected chi connectivity index (χ2v) is 16.5. The minimum atomic E-state index is -1.64. The summed E-state index contributed by atoms with van der Waals surface area (Å²) in [6.07, 6.45) is 0.922. The van der Waals surface area contributed by atoms with E-state index in [0.717, 1.165) is 0 Å². The van der Waals surface area contributed by atoms with Crippen molar-refractivity contribution in [2.45, 2.75) is 146 Å². The number of hydrogen-bond donors (Lipinski definition) is 15. The molecule has 64 heavy (non-hydrogen) atoms. The summed E-state index contributed by atoms with van der Waals surface area (Å²) in [6.45, 7) is 4.85. The highest BCUT2D eigenvalue weighted by Crippen LogP contribution is 2.20. The zero-order chi connectivity index (χ0) is 48.7. The lowest BCUT2D eigenvalue weighted by atomic mass is 10.0. The van der Waals surface area contributed by atoms with E-state index in [-0.39, 0.29) is 50.4 Å². The van der Waals surface area contributed by atoms with E-state index < -0.39 is 127 Å². The van der Waals surface area contributed by atoms with Crippen LogP contribution in [0.5, 0.6) is 0 Å². The van der Waals surface area contributed by atoms with Crippen LogP contribution in [0.4, 0.5) is 0 Å². The zero-order valence-electron chi connectivity index (χ0n) is 37.0. The van der Waals surface area contributed by atoms with Gasteiger partial charge in [-0.15, -0.1) is 0 Å². The van der Waals surface area contributed by atoms with Crippen molar-refractivity contribution in [1.29, 1.82) is 0 Å². The van der Waals surface area contributed by atoms with Crippen molar-refractivity contribution in [3.05, 3.63) is 0 Å². The maximum absolute atomic E-state index is 14.1. The molecule has 1 fully saturated rings. The Morgan fingerprint density at radius 2 is 1.11 bits per heavy atom. The lowest BCUT2D eigenvalue weighted by Crippen LogP contribution is -2.61. The van der Waals surface area contributed by atoms with Gasteiger partial charge in [-0.2, -0.15) is 12.6 Å². The quantitative estimate of drug-likeness (QED) is 0.0236. The summed E-state index contributed by atoms with van der Waals surface area (Å²) in [5.41, 5.74) is 16.8. The van der Waals surface area contributed by atoms with E-state index in [9.17, 15) is 63.6 Å². The van der Waals surface area contributed by atoms with E-state index in [1.807, 2.05) is 0 Å². The Kier molecular flexibility index (Phi) is 26.6. The van der Waals surface area contributed by atoms with Crippen molar-refractivity contribution < 1.29 is 63.6 Å². The van der Waals surface area contributed by atoms with Crippen LogP contribution in [0.25, 0.3) is 0 Å². The van der Waals surface area contributed by atoms with Gasteiger partial charge in [0.2, 0.25) is 47.3 Å². The van der Waals surface area contributed by atoms with Crippen molar-refractivity contribution in [1.82, 2.24) is 42.1 Å². The number of likely N-dealkylation sites (tertiary alicyclic amines) is 1. The summed E-state index contributed by atoms with van der Waals surface area (Å²) in [5, 5.41) is 56.7. The van der Waals surface area contributed by atoms with Gasteiger partial charge in [-0.3, -0.25) is 38.4 Å². The summed E-state index contributed by atoms with van der Waals surface area (Å²) in [4.78, 5) is 119. The van der Waals surface area contributed by atoms with E-state index in [0.29, 0.717) is 38.6 Å². The second kappa shape index (κ2) is 29.7. The number of carbonyl (C=O) groups is 9. The fraction of sp³-hybridized carbons (Fsp3) is 0.769. The van der Waals surface area contributed by atoms with E-state index >= 15 is 0 Å². The first-order valence-corrected chi connectivity index (χ1v) is 22.1. The van der Waals surface area contributed by atoms with Crippen LogP contribution >= 0.6 is 12.6 Å². The highest BCUT2D eigenvalue weighted by atomic mass is 32.1. The molecule has 17 N–H and O–H groups in total. The van der Waals surface area contributed by atoms with Crippen LogP contribution in [0.15, 0.2) is 0 Å². The molecule has 0 unspecified atom stereocenters. The van der Waals surface area contributed by atoms with Gasteiger partial charge in [0.05, 0.1) is 25.4 Å².